The van der Waals surface area contributed by atoms with E-state index in [2.05, 4.69) is 158 Å². The Kier molecular flexibility index (Phi) is 5.64. The van der Waals surface area contributed by atoms with Crippen LogP contribution in [0, 0.1) is 0 Å². The molecule has 0 saturated heterocycles. The Bertz CT molecular complexity index is 2750. The third-order valence-electron chi connectivity index (χ3n) is 9.86. The first-order chi connectivity index (χ1) is 23.3. The van der Waals surface area contributed by atoms with Gasteiger partial charge >= 0.3 is 0 Å². The number of rotatable bonds is 4. The second kappa shape index (κ2) is 10.2. The van der Waals surface area contributed by atoms with Crippen LogP contribution < -0.4 is 0 Å². The van der Waals surface area contributed by atoms with Gasteiger partial charge in [0.1, 0.15) is 11.2 Å². The van der Waals surface area contributed by atoms with Gasteiger partial charge in [0.25, 0.3) is 0 Å². The summed E-state index contributed by atoms with van der Waals surface area (Å²) in [6.45, 7) is 0. The van der Waals surface area contributed by atoms with Crippen molar-refractivity contribution in [2.45, 2.75) is 0 Å². The molecule has 0 atom stereocenters. The average molecular weight is 597 g/mol. The van der Waals surface area contributed by atoms with Crippen molar-refractivity contribution in [2.24, 2.45) is 0 Å². The van der Waals surface area contributed by atoms with Gasteiger partial charge in [-0.2, -0.15) is 0 Å². The molecule has 0 N–H and O–H groups in total. The topological polar surface area (TPSA) is 13.1 Å². The van der Waals surface area contributed by atoms with Crippen molar-refractivity contribution in [1.82, 2.24) is 0 Å². The van der Waals surface area contributed by atoms with E-state index >= 15 is 0 Å². The van der Waals surface area contributed by atoms with E-state index in [4.69, 9.17) is 4.42 Å². The largest absolute Gasteiger partial charge is 0.455 e. The molecule has 1 heterocycles. The summed E-state index contributed by atoms with van der Waals surface area (Å²) in [6, 6.07) is 61.5. The van der Waals surface area contributed by atoms with Crippen LogP contribution in [0.3, 0.4) is 0 Å². The molecule has 0 aliphatic carbocycles. The van der Waals surface area contributed by atoms with Gasteiger partial charge in [-0.15, -0.1) is 0 Å². The van der Waals surface area contributed by atoms with Crippen molar-refractivity contribution >= 4 is 54.3 Å². The molecule has 10 aromatic rings. The zero-order valence-corrected chi connectivity index (χ0v) is 25.6. The summed E-state index contributed by atoms with van der Waals surface area (Å²) in [4.78, 5) is 0. The van der Waals surface area contributed by atoms with Crippen molar-refractivity contribution in [3.8, 4) is 44.5 Å². The lowest BCUT2D eigenvalue weighted by atomic mass is 9.84. The second-order valence-corrected chi connectivity index (χ2v) is 12.4. The molecule has 0 bridgehead atoms. The minimum atomic E-state index is 0.920. The van der Waals surface area contributed by atoms with Gasteiger partial charge in [0.15, 0.2) is 0 Å². The zero-order valence-electron chi connectivity index (χ0n) is 25.6. The van der Waals surface area contributed by atoms with E-state index < -0.39 is 0 Å². The van der Waals surface area contributed by atoms with Crippen LogP contribution >= 0.6 is 0 Å². The Labute approximate surface area is 272 Å². The Morgan fingerprint density at radius 1 is 0.298 bits per heavy atom. The van der Waals surface area contributed by atoms with Gasteiger partial charge in [0, 0.05) is 16.3 Å². The monoisotopic (exact) mass is 596 g/mol. The molecule has 0 saturated carbocycles. The first kappa shape index (κ1) is 26.1. The molecule has 0 aliphatic rings. The molecule has 218 valence electrons. The standard InChI is InChI=1S/C46H28O/c1-3-10-29(11-4-1)34-24-22-33-23-25-38-41(30-12-5-2-6-13-30)28-42(39-27-26-37(34)44(33)45(38)39)32-20-18-31(19-21-32)35-15-9-16-40-36-14-7-8-17-43(36)47-46(35)40/h1-28H. The van der Waals surface area contributed by atoms with Gasteiger partial charge in [-0.25, -0.2) is 0 Å². The summed E-state index contributed by atoms with van der Waals surface area (Å²) < 4.78 is 6.38. The average Bonchev–Trinajstić information content (AvgIpc) is 3.53. The van der Waals surface area contributed by atoms with Crippen molar-refractivity contribution < 1.29 is 4.42 Å². The zero-order chi connectivity index (χ0) is 30.9. The molecular weight excluding hydrogens is 569 g/mol. The molecule has 0 radical (unpaired) electrons. The summed E-state index contributed by atoms with van der Waals surface area (Å²) >= 11 is 0. The highest BCUT2D eigenvalue weighted by molar-refractivity contribution is 6.30. The molecule has 9 aromatic carbocycles. The number of furan rings is 1. The predicted octanol–water partition coefficient (Wildman–Crippen LogP) is 13.2. The van der Waals surface area contributed by atoms with E-state index in [1.165, 1.54) is 65.7 Å². The Morgan fingerprint density at radius 3 is 1.55 bits per heavy atom. The fraction of sp³-hybridized carbons (Fsp3) is 0. The highest BCUT2D eigenvalue weighted by atomic mass is 16.3. The smallest absolute Gasteiger partial charge is 0.143 e. The fourth-order valence-corrected chi connectivity index (χ4v) is 7.67. The number of hydrogen-bond donors (Lipinski definition) is 0. The van der Waals surface area contributed by atoms with Gasteiger partial charge in [-0.05, 0) is 83.4 Å². The van der Waals surface area contributed by atoms with Crippen LogP contribution in [0.5, 0.6) is 0 Å². The first-order valence-electron chi connectivity index (χ1n) is 16.2. The molecule has 1 aromatic heterocycles. The molecule has 10 rings (SSSR count). The Morgan fingerprint density at radius 2 is 0.830 bits per heavy atom. The third kappa shape index (κ3) is 3.97. The molecule has 0 fully saturated rings. The minimum absolute atomic E-state index is 0.920. The van der Waals surface area contributed by atoms with Crippen LogP contribution in [-0.4, -0.2) is 0 Å². The van der Waals surface area contributed by atoms with Crippen molar-refractivity contribution in [1.29, 1.82) is 0 Å². The lowest BCUT2D eigenvalue weighted by Crippen LogP contribution is -1.92. The van der Waals surface area contributed by atoms with Crippen LogP contribution in [-0.2, 0) is 0 Å². The number of hydrogen-bond acceptors (Lipinski definition) is 1. The minimum Gasteiger partial charge on any atom is -0.455 e. The maximum Gasteiger partial charge on any atom is 0.143 e. The van der Waals surface area contributed by atoms with Crippen LogP contribution in [0.25, 0.3) is 98.8 Å². The summed E-state index contributed by atoms with van der Waals surface area (Å²) in [5.74, 6) is 0. The predicted molar refractivity (Wildman–Crippen MR) is 199 cm³/mol. The maximum absolute atomic E-state index is 6.38. The van der Waals surface area contributed by atoms with Crippen molar-refractivity contribution in [2.75, 3.05) is 0 Å². The molecule has 0 spiro atoms. The van der Waals surface area contributed by atoms with E-state index in [9.17, 15) is 0 Å². The van der Waals surface area contributed by atoms with Gasteiger partial charge < -0.3 is 4.42 Å². The molecule has 47 heavy (non-hydrogen) atoms. The van der Waals surface area contributed by atoms with Gasteiger partial charge in [-0.3, -0.25) is 0 Å². The molecule has 0 amide bonds. The number of para-hydroxylation sites is 2. The lowest BCUT2D eigenvalue weighted by molar-refractivity contribution is 0.670. The van der Waals surface area contributed by atoms with E-state index in [0.29, 0.717) is 0 Å². The highest BCUT2D eigenvalue weighted by Gasteiger charge is 2.19. The first-order valence-corrected chi connectivity index (χ1v) is 16.2. The maximum atomic E-state index is 6.38. The molecule has 1 heteroatoms. The normalized spacial score (nSPS) is 11.8. The van der Waals surface area contributed by atoms with Gasteiger partial charge in [0.05, 0.1) is 0 Å². The van der Waals surface area contributed by atoms with Gasteiger partial charge in [-0.1, -0.05) is 158 Å². The number of benzene rings is 9. The summed E-state index contributed by atoms with van der Waals surface area (Å²) in [5, 5.41) is 10.1. The number of fused-ring (bicyclic) bond motifs is 3. The van der Waals surface area contributed by atoms with E-state index in [1.54, 1.807) is 0 Å². The lowest BCUT2D eigenvalue weighted by Gasteiger charge is -2.19. The van der Waals surface area contributed by atoms with Crippen LogP contribution in [0.15, 0.2) is 174 Å². The van der Waals surface area contributed by atoms with Crippen molar-refractivity contribution in [3.63, 3.8) is 0 Å². The Balaban J connectivity index is 1.21. The van der Waals surface area contributed by atoms with Crippen LogP contribution in [0.4, 0.5) is 0 Å². The van der Waals surface area contributed by atoms with Crippen LogP contribution in [0.1, 0.15) is 0 Å². The summed E-state index contributed by atoms with van der Waals surface area (Å²) in [5.41, 5.74) is 11.5. The Hall–Kier alpha value is -6.18. The van der Waals surface area contributed by atoms with E-state index in [1.807, 2.05) is 12.1 Å². The van der Waals surface area contributed by atoms with E-state index in [-0.39, 0.29) is 0 Å². The highest BCUT2D eigenvalue weighted by Crippen LogP contribution is 2.46. The van der Waals surface area contributed by atoms with E-state index in [0.717, 1.165) is 33.1 Å². The molecular formula is C46H28O. The quantitative estimate of drug-likeness (QED) is 0.184. The third-order valence-corrected chi connectivity index (χ3v) is 9.86. The molecule has 1 nitrogen and oxygen atoms in total. The molecule has 0 aliphatic heterocycles. The summed E-state index contributed by atoms with van der Waals surface area (Å²) in [7, 11) is 0. The summed E-state index contributed by atoms with van der Waals surface area (Å²) in [6.07, 6.45) is 0. The van der Waals surface area contributed by atoms with Crippen molar-refractivity contribution in [3.05, 3.63) is 170 Å². The molecule has 0 unspecified atom stereocenters. The second-order valence-electron chi connectivity index (χ2n) is 12.4. The SMILES string of the molecule is c1ccc(-c2ccc3ccc4c(-c5ccccc5)cc(-c5ccc(-c6cccc7c6oc6ccccc67)cc5)c5ccc2c3c45)cc1. The van der Waals surface area contributed by atoms with Crippen LogP contribution in [0.2, 0.25) is 0 Å². The fourth-order valence-electron chi connectivity index (χ4n) is 7.67. The van der Waals surface area contributed by atoms with Gasteiger partial charge in [0.2, 0.25) is 0 Å².